The number of nitrogens with one attached hydrogen (secondary N) is 2. The lowest BCUT2D eigenvalue weighted by Crippen LogP contribution is -2.50. The van der Waals surface area contributed by atoms with E-state index in [4.69, 9.17) is 27.9 Å². The standard InChI is InChI=1S/C17H20Cl2N2O4/c1-10(15(23)20-16(24)21-17(2,3)4)25-14(22)9-8-11-12(18)6-5-7-13(11)19/h5-10H,1-4H3,(H2,20,21,23,24)/b9-8+/t10-/m1/s1. The van der Waals surface area contributed by atoms with E-state index in [1.165, 1.54) is 13.0 Å². The Kier molecular flexibility index (Phi) is 7.45. The molecule has 0 aliphatic carbocycles. The molecule has 0 aromatic heterocycles. The fourth-order valence-corrected chi connectivity index (χ4v) is 2.20. The second kappa shape index (κ2) is 8.87. The highest BCUT2D eigenvalue weighted by Crippen LogP contribution is 2.25. The van der Waals surface area contributed by atoms with Crippen molar-refractivity contribution in [1.82, 2.24) is 10.6 Å². The normalized spacial score (nSPS) is 12.6. The molecule has 0 heterocycles. The molecule has 0 spiro atoms. The molecule has 1 atom stereocenters. The monoisotopic (exact) mass is 386 g/mol. The molecule has 8 heteroatoms. The Balaban J connectivity index is 2.60. The Hall–Kier alpha value is -2.05. The SMILES string of the molecule is C[C@@H](OC(=O)/C=C/c1c(Cl)cccc1Cl)C(=O)NC(=O)NC(C)(C)C. The number of hydrogen-bond donors (Lipinski definition) is 2. The second-order valence-corrected chi connectivity index (χ2v) is 7.06. The molecule has 0 bridgehead atoms. The number of carbonyl (C=O) groups excluding carboxylic acids is 3. The molecule has 0 aliphatic heterocycles. The summed E-state index contributed by atoms with van der Waals surface area (Å²) < 4.78 is 4.94. The van der Waals surface area contributed by atoms with E-state index >= 15 is 0 Å². The highest BCUT2D eigenvalue weighted by atomic mass is 35.5. The van der Waals surface area contributed by atoms with Crippen molar-refractivity contribution >= 4 is 47.2 Å². The number of benzene rings is 1. The molecule has 0 aliphatic rings. The van der Waals surface area contributed by atoms with Crippen molar-refractivity contribution in [3.05, 3.63) is 39.9 Å². The maximum Gasteiger partial charge on any atom is 0.331 e. The molecule has 0 saturated carbocycles. The number of rotatable bonds is 4. The average molecular weight is 387 g/mol. The van der Waals surface area contributed by atoms with Crippen molar-refractivity contribution in [3.63, 3.8) is 0 Å². The Labute approximate surface area is 156 Å². The summed E-state index contributed by atoms with van der Waals surface area (Å²) in [6.45, 7) is 6.66. The fraction of sp³-hybridized carbons (Fsp3) is 0.353. The zero-order valence-corrected chi connectivity index (χ0v) is 15.9. The number of halogens is 2. The molecule has 0 unspecified atom stereocenters. The van der Waals surface area contributed by atoms with Crippen LogP contribution in [0.15, 0.2) is 24.3 Å². The summed E-state index contributed by atoms with van der Waals surface area (Å²) in [6.07, 6.45) is 1.35. The summed E-state index contributed by atoms with van der Waals surface area (Å²) in [5.41, 5.74) is -0.0363. The van der Waals surface area contributed by atoms with Crippen LogP contribution in [0.3, 0.4) is 0 Å². The van der Waals surface area contributed by atoms with Crippen LogP contribution in [0.1, 0.15) is 33.3 Å². The van der Waals surface area contributed by atoms with Gasteiger partial charge in [-0.2, -0.15) is 0 Å². The predicted octanol–water partition coefficient (Wildman–Crippen LogP) is 3.56. The van der Waals surface area contributed by atoms with Crippen LogP contribution in [0.5, 0.6) is 0 Å². The van der Waals surface area contributed by atoms with Crippen LogP contribution in [-0.2, 0) is 14.3 Å². The number of imide groups is 1. The maximum absolute atomic E-state index is 11.8. The lowest BCUT2D eigenvalue weighted by molar-refractivity contribution is -0.149. The molecule has 2 N–H and O–H groups in total. The fourth-order valence-electron chi connectivity index (χ4n) is 1.67. The van der Waals surface area contributed by atoms with Gasteiger partial charge in [0.15, 0.2) is 6.10 Å². The van der Waals surface area contributed by atoms with Gasteiger partial charge in [0.1, 0.15) is 0 Å². The van der Waals surface area contributed by atoms with Crippen LogP contribution < -0.4 is 10.6 Å². The van der Waals surface area contributed by atoms with Gasteiger partial charge in [0.25, 0.3) is 5.91 Å². The molecule has 1 aromatic rings. The first-order valence-corrected chi connectivity index (χ1v) is 8.21. The Morgan fingerprint density at radius 2 is 1.72 bits per heavy atom. The average Bonchev–Trinajstić information content (AvgIpc) is 2.44. The summed E-state index contributed by atoms with van der Waals surface area (Å²) in [6, 6.07) is 4.26. The summed E-state index contributed by atoms with van der Waals surface area (Å²) in [5.74, 6) is -1.51. The Bertz CT molecular complexity index is 676. The van der Waals surface area contributed by atoms with Gasteiger partial charge in [-0.15, -0.1) is 0 Å². The van der Waals surface area contributed by atoms with Gasteiger partial charge in [-0.3, -0.25) is 10.1 Å². The van der Waals surface area contributed by atoms with E-state index in [2.05, 4.69) is 10.6 Å². The van der Waals surface area contributed by atoms with Gasteiger partial charge in [-0.05, 0) is 45.9 Å². The van der Waals surface area contributed by atoms with Crippen LogP contribution in [0.2, 0.25) is 10.0 Å². The molecule has 1 rings (SSSR count). The number of amides is 3. The van der Waals surface area contributed by atoms with Crippen molar-refractivity contribution < 1.29 is 19.1 Å². The minimum Gasteiger partial charge on any atom is -0.449 e. The maximum atomic E-state index is 11.8. The van der Waals surface area contributed by atoms with Gasteiger partial charge < -0.3 is 10.1 Å². The number of esters is 1. The summed E-state index contributed by atoms with van der Waals surface area (Å²) in [5, 5.41) is 5.42. The predicted molar refractivity (Wildman–Crippen MR) is 97.5 cm³/mol. The first-order valence-electron chi connectivity index (χ1n) is 7.45. The molecule has 0 fully saturated rings. The van der Waals surface area contributed by atoms with Crippen LogP contribution in [0, 0.1) is 0 Å². The minimum absolute atomic E-state index is 0.376. The van der Waals surface area contributed by atoms with Crippen molar-refractivity contribution in [2.45, 2.75) is 39.3 Å². The first-order chi connectivity index (χ1) is 11.5. The van der Waals surface area contributed by atoms with Crippen LogP contribution in [0.4, 0.5) is 4.79 Å². The molecular weight excluding hydrogens is 367 g/mol. The number of ether oxygens (including phenoxy) is 1. The van der Waals surface area contributed by atoms with Gasteiger partial charge >= 0.3 is 12.0 Å². The molecule has 136 valence electrons. The van der Waals surface area contributed by atoms with Gasteiger partial charge in [-0.25, -0.2) is 9.59 Å². The summed E-state index contributed by atoms with van der Waals surface area (Å²) in [7, 11) is 0. The summed E-state index contributed by atoms with van der Waals surface area (Å²) >= 11 is 12.0. The van der Waals surface area contributed by atoms with Crippen LogP contribution in [-0.4, -0.2) is 29.6 Å². The van der Waals surface area contributed by atoms with Crippen molar-refractivity contribution in [2.24, 2.45) is 0 Å². The van der Waals surface area contributed by atoms with Gasteiger partial charge in [0.2, 0.25) is 0 Å². The Morgan fingerprint density at radius 3 is 2.24 bits per heavy atom. The van der Waals surface area contributed by atoms with Gasteiger partial charge in [-0.1, -0.05) is 29.3 Å². The van der Waals surface area contributed by atoms with E-state index in [-0.39, 0.29) is 0 Å². The molecule has 3 amide bonds. The van der Waals surface area contributed by atoms with E-state index in [9.17, 15) is 14.4 Å². The molecular formula is C17H20Cl2N2O4. The first kappa shape index (κ1) is 21.0. The summed E-state index contributed by atoms with van der Waals surface area (Å²) in [4.78, 5) is 35.3. The van der Waals surface area contributed by atoms with Crippen LogP contribution in [0.25, 0.3) is 6.08 Å². The third-order valence-electron chi connectivity index (χ3n) is 2.77. The third kappa shape index (κ3) is 7.58. The third-order valence-corrected chi connectivity index (χ3v) is 3.43. The van der Waals surface area contributed by atoms with Crippen molar-refractivity contribution in [2.75, 3.05) is 0 Å². The van der Waals surface area contributed by atoms with Crippen molar-refractivity contribution in [3.8, 4) is 0 Å². The van der Waals surface area contributed by atoms with Gasteiger partial charge in [0, 0.05) is 27.2 Å². The number of carbonyl (C=O) groups is 3. The molecule has 25 heavy (non-hydrogen) atoms. The second-order valence-electron chi connectivity index (χ2n) is 6.24. The van der Waals surface area contributed by atoms with E-state index in [0.29, 0.717) is 15.6 Å². The van der Waals surface area contributed by atoms with Gasteiger partial charge in [0.05, 0.1) is 0 Å². The molecule has 0 radical (unpaired) electrons. The molecule has 0 saturated heterocycles. The largest absolute Gasteiger partial charge is 0.449 e. The van der Waals surface area contributed by atoms with E-state index in [1.807, 2.05) is 0 Å². The minimum atomic E-state index is -1.15. The molecule has 1 aromatic carbocycles. The number of urea groups is 1. The molecule has 6 nitrogen and oxygen atoms in total. The highest BCUT2D eigenvalue weighted by Gasteiger charge is 2.21. The smallest absolute Gasteiger partial charge is 0.331 e. The number of hydrogen-bond acceptors (Lipinski definition) is 4. The van der Waals surface area contributed by atoms with Crippen molar-refractivity contribution in [1.29, 1.82) is 0 Å². The zero-order valence-electron chi connectivity index (χ0n) is 14.4. The van der Waals surface area contributed by atoms with E-state index in [0.717, 1.165) is 6.08 Å². The lowest BCUT2D eigenvalue weighted by Gasteiger charge is -2.21. The van der Waals surface area contributed by atoms with E-state index in [1.54, 1.807) is 39.0 Å². The van der Waals surface area contributed by atoms with E-state index < -0.39 is 29.6 Å². The quantitative estimate of drug-likeness (QED) is 0.611. The Morgan fingerprint density at radius 1 is 1.16 bits per heavy atom. The van der Waals surface area contributed by atoms with Crippen LogP contribution >= 0.6 is 23.2 Å². The lowest BCUT2D eigenvalue weighted by atomic mass is 10.1. The zero-order chi connectivity index (χ0) is 19.2. The topological polar surface area (TPSA) is 84.5 Å². The highest BCUT2D eigenvalue weighted by molar-refractivity contribution is 6.37.